The Balaban J connectivity index is 2.05. The van der Waals surface area contributed by atoms with Gasteiger partial charge in [0.1, 0.15) is 0 Å². The Morgan fingerprint density at radius 3 is 2.25 bits per heavy atom. The van der Waals surface area contributed by atoms with Crippen LogP contribution in [-0.2, 0) is 0 Å². The molecule has 0 aromatic rings. The first-order valence-electron chi connectivity index (χ1n) is 3.05. The van der Waals surface area contributed by atoms with Gasteiger partial charge in [-0.15, -0.1) is 0 Å². The largest absolute Gasteiger partial charge is 0.308 e. The summed E-state index contributed by atoms with van der Waals surface area (Å²) in [6, 6.07) is 0.852. The molecule has 2 atom stereocenters. The number of nitrogens with zero attached hydrogens (tertiary/aromatic N) is 2. The van der Waals surface area contributed by atoms with Gasteiger partial charge in [-0.1, -0.05) is 0 Å². The first kappa shape index (κ1) is 6.05. The molecule has 0 spiro atoms. The summed E-state index contributed by atoms with van der Waals surface area (Å²) in [5, 5.41) is 0. The van der Waals surface area contributed by atoms with Crippen LogP contribution in [-0.4, -0.2) is 50.1 Å². The van der Waals surface area contributed by atoms with Gasteiger partial charge in [-0.3, -0.25) is 4.90 Å². The SMILES string of the molecule is CN(C)CC1CN1C. The van der Waals surface area contributed by atoms with Gasteiger partial charge in [0.2, 0.25) is 0 Å². The molecule has 2 unspecified atom stereocenters. The number of hydrogen-bond acceptors (Lipinski definition) is 2. The second kappa shape index (κ2) is 2.03. The lowest BCUT2D eigenvalue weighted by molar-refractivity contribution is 0.386. The van der Waals surface area contributed by atoms with Crippen molar-refractivity contribution in [1.82, 2.24) is 9.80 Å². The van der Waals surface area contributed by atoms with Crippen molar-refractivity contribution in [2.45, 2.75) is 6.04 Å². The number of hydrogen-bond donors (Lipinski definition) is 0. The molecule has 1 aliphatic rings. The Labute approximate surface area is 51.1 Å². The first-order valence-corrected chi connectivity index (χ1v) is 3.05. The van der Waals surface area contributed by atoms with E-state index in [2.05, 4.69) is 30.9 Å². The second-order valence-electron chi connectivity index (χ2n) is 2.86. The van der Waals surface area contributed by atoms with Crippen LogP contribution in [0, 0.1) is 0 Å². The van der Waals surface area contributed by atoms with Gasteiger partial charge in [0, 0.05) is 19.1 Å². The quantitative estimate of drug-likeness (QED) is 0.461. The fourth-order valence-corrected chi connectivity index (χ4v) is 0.904. The zero-order valence-corrected chi connectivity index (χ0v) is 5.89. The zero-order chi connectivity index (χ0) is 6.15. The van der Waals surface area contributed by atoms with Gasteiger partial charge in [0.05, 0.1) is 0 Å². The number of likely N-dealkylation sites (N-methyl/N-ethyl adjacent to an activating group) is 2. The van der Waals surface area contributed by atoms with Crippen molar-refractivity contribution in [3.05, 3.63) is 0 Å². The highest BCUT2D eigenvalue weighted by molar-refractivity contribution is 4.87. The highest BCUT2D eigenvalue weighted by atomic mass is 15.3. The van der Waals surface area contributed by atoms with Crippen molar-refractivity contribution in [3.63, 3.8) is 0 Å². The maximum Gasteiger partial charge on any atom is 0.0347 e. The standard InChI is InChI=1S/C6H14N2/c1-7(2)4-6-5-8(6)3/h6H,4-5H2,1-3H3. The topological polar surface area (TPSA) is 6.25 Å². The van der Waals surface area contributed by atoms with Crippen molar-refractivity contribution in [3.8, 4) is 0 Å². The molecule has 2 heteroatoms. The molecule has 0 N–H and O–H groups in total. The molecule has 0 saturated carbocycles. The van der Waals surface area contributed by atoms with E-state index in [9.17, 15) is 0 Å². The summed E-state index contributed by atoms with van der Waals surface area (Å²) in [5.74, 6) is 0. The monoisotopic (exact) mass is 114 g/mol. The molecule has 0 bridgehead atoms. The van der Waals surface area contributed by atoms with E-state index in [1.54, 1.807) is 0 Å². The Kier molecular flexibility index (Phi) is 1.54. The third-order valence-electron chi connectivity index (χ3n) is 1.56. The van der Waals surface area contributed by atoms with Crippen LogP contribution in [0.2, 0.25) is 0 Å². The molecule has 8 heavy (non-hydrogen) atoms. The van der Waals surface area contributed by atoms with Gasteiger partial charge in [-0.25, -0.2) is 0 Å². The Morgan fingerprint density at radius 1 is 1.62 bits per heavy atom. The Hall–Kier alpha value is -0.0800. The van der Waals surface area contributed by atoms with Crippen LogP contribution in [0.4, 0.5) is 0 Å². The van der Waals surface area contributed by atoms with Crippen LogP contribution < -0.4 is 0 Å². The minimum atomic E-state index is 0.852. The molecule has 1 aliphatic heterocycles. The fraction of sp³-hybridized carbons (Fsp3) is 1.00. The van der Waals surface area contributed by atoms with Crippen molar-refractivity contribution < 1.29 is 0 Å². The molecule has 1 fully saturated rings. The molecule has 1 saturated heterocycles. The lowest BCUT2D eigenvalue weighted by atomic mass is 10.4. The van der Waals surface area contributed by atoms with Crippen molar-refractivity contribution >= 4 is 0 Å². The summed E-state index contributed by atoms with van der Waals surface area (Å²) < 4.78 is 0. The van der Waals surface area contributed by atoms with Crippen molar-refractivity contribution in [1.29, 1.82) is 0 Å². The van der Waals surface area contributed by atoms with Gasteiger partial charge >= 0.3 is 0 Å². The second-order valence-corrected chi connectivity index (χ2v) is 2.86. The third kappa shape index (κ3) is 1.46. The van der Waals surface area contributed by atoms with Crippen LogP contribution in [0.3, 0.4) is 0 Å². The number of rotatable bonds is 2. The molecule has 1 heterocycles. The van der Waals surface area contributed by atoms with Gasteiger partial charge < -0.3 is 4.90 Å². The lowest BCUT2D eigenvalue weighted by Crippen LogP contribution is -2.19. The van der Waals surface area contributed by atoms with Crippen LogP contribution in [0.5, 0.6) is 0 Å². The fourth-order valence-electron chi connectivity index (χ4n) is 0.904. The van der Waals surface area contributed by atoms with Crippen LogP contribution in [0.25, 0.3) is 0 Å². The molecule has 2 nitrogen and oxygen atoms in total. The average molecular weight is 114 g/mol. The van der Waals surface area contributed by atoms with Crippen LogP contribution in [0.15, 0.2) is 0 Å². The highest BCUT2D eigenvalue weighted by Gasteiger charge is 2.29. The summed E-state index contributed by atoms with van der Waals surface area (Å²) in [6.07, 6.45) is 0. The van der Waals surface area contributed by atoms with Crippen molar-refractivity contribution in [2.75, 3.05) is 34.2 Å². The summed E-state index contributed by atoms with van der Waals surface area (Å²) in [7, 11) is 6.40. The molecular formula is C6H14N2. The minimum Gasteiger partial charge on any atom is -0.308 e. The molecule has 0 aliphatic carbocycles. The lowest BCUT2D eigenvalue weighted by Gasteiger charge is -2.06. The van der Waals surface area contributed by atoms with E-state index >= 15 is 0 Å². The Bertz CT molecular complexity index is 80.6. The molecule has 0 radical (unpaired) electrons. The average Bonchev–Trinajstić information content (AvgIpc) is 2.17. The normalized spacial score (nSPS) is 36.0. The first-order chi connectivity index (χ1) is 3.70. The smallest absolute Gasteiger partial charge is 0.0347 e. The molecule has 48 valence electrons. The van der Waals surface area contributed by atoms with E-state index in [1.807, 2.05) is 0 Å². The van der Waals surface area contributed by atoms with Gasteiger partial charge in [-0.05, 0) is 21.1 Å². The summed E-state index contributed by atoms with van der Waals surface area (Å²) in [5.41, 5.74) is 0. The molecule has 0 aromatic carbocycles. The predicted octanol–water partition coefficient (Wildman–Crippen LogP) is -0.138. The van der Waals surface area contributed by atoms with Gasteiger partial charge in [0.15, 0.2) is 0 Å². The summed E-state index contributed by atoms with van der Waals surface area (Å²) >= 11 is 0. The van der Waals surface area contributed by atoms with E-state index in [0.717, 1.165) is 6.04 Å². The highest BCUT2D eigenvalue weighted by Crippen LogP contribution is 2.12. The maximum absolute atomic E-state index is 2.35. The van der Waals surface area contributed by atoms with Crippen LogP contribution in [0.1, 0.15) is 0 Å². The van der Waals surface area contributed by atoms with Gasteiger partial charge in [-0.2, -0.15) is 0 Å². The molecule has 1 rings (SSSR count). The third-order valence-corrected chi connectivity index (χ3v) is 1.56. The summed E-state index contributed by atoms with van der Waals surface area (Å²) in [6.45, 7) is 2.51. The Morgan fingerprint density at radius 2 is 2.12 bits per heavy atom. The summed E-state index contributed by atoms with van der Waals surface area (Å²) in [4.78, 5) is 4.58. The van der Waals surface area contributed by atoms with E-state index in [0.29, 0.717) is 0 Å². The zero-order valence-electron chi connectivity index (χ0n) is 5.89. The molecule has 0 amide bonds. The maximum atomic E-state index is 2.35. The van der Waals surface area contributed by atoms with Gasteiger partial charge in [0.25, 0.3) is 0 Å². The molecule has 0 aromatic heterocycles. The van der Waals surface area contributed by atoms with Crippen molar-refractivity contribution in [2.24, 2.45) is 0 Å². The van der Waals surface area contributed by atoms with E-state index in [1.165, 1.54) is 13.1 Å². The minimum absolute atomic E-state index is 0.852. The van der Waals surface area contributed by atoms with E-state index < -0.39 is 0 Å². The predicted molar refractivity (Wildman–Crippen MR) is 35.0 cm³/mol. The van der Waals surface area contributed by atoms with E-state index in [4.69, 9.17) is 0 Å². The molecular weight excluding hydrogens is 100 g/mol. The van der Waals surface area contributed by atoms with E-state index in [-0.39, 0.29) is 0 Å². The van der Waals surface area contributed by atoms with Crippen LogP contribution >= 0.6 is 0 Å².